The lowest BCUT2D eigenvalue weighted by Gasteiger charge is -2.16. The third kappa shape index (κ3) is 2.68. The van der Waals surface area contributed by atoms with Crippen LogP contribution in [0.3, 0.4) is 0 Å². The molecule has 1 aliphatic heterocycles. The molecule has 1 N–H and O–H groups in total. The monoisotopic (exact) mass is 274 g/mol. The number of Topliss-reactive ketones (excluding diaryl/α,β-unsaturated/α-hetero) is 1. The van der Waals surface area contributed by atoms with E-state index in [-0.39, 0.29) is 11.3 Å². The summed E-state index contributed by atoms with van der Waals surface area (Å²) < 4.78 is 0. The van der Waals surface area contributed by atoms with Crippen molar-refractivity contribution in [3.8, 4) is 0 Å². The lowest BCUT2D eigenvalue weighted by Crippen LogP contribution is -2.21. The van der Waals surface area contributed by atoms with Gasteiger partial charge in [-0.2, -0.15) is 0 Å². The average Bonchev–Trinajstić information content (AvgIpc) is 3.01. The van der Waals surface area contributed by atoms with E-state index in [4.69, 9.17) is 4.99 Å². The SMILES string of the molecule is CC(=O)c1ccc(NC2=NC3(CCCC3)CS2)cc1. The molecule has 0 bridgehead atoms. The molecular formula is C15H18N2OS. The molecule has 1 aromatic rings. The number of hydrogen-bond donors (Lipinski definition) is 1. The molecule has 0 saturated heterocycles. The highest BCUT2D eigenvalue weighted by atomic mass is 32.2. The van der Waals surface area contributed by atoms with E-state index >= 15 is 0 Å². The summed E-state index contributed by atoms with van der Waals surface area (Å²) in [5, 5.41) is 4.39. The van der Waals surface area contributed by atoms with Crippen LogP contribution in [0.2, 0.25) is 0 Å². The minimum atomic E-state index is 0.101. The average molecular weight is 274 g/mol. The van der Waals surface area contributed by atoms with Gasteiger partial charge >= 0.3 is 0 Å². The predicted molar refractivity (Wildman–Crippen MR) is 81.2 cm³/mol. The van der Waals surface area contributed by atoms with Crippen LogP contribution in [0, 0.1) is 0 Å². The number of thioether (sulfide) groups is 1. The molecule has 4 heteroatoms. The fourth-order valence-electron chi connectivity index (χ4n) is 2.75. The van der Waals surface area contributed by atoms with E-state index in [1.54, 1.807) is 6.92 Å². The van der Waals surface area contributed by atoms with Crippen molar-refractivity contribution in [2.24, 2.45) is 4.99 Å². The number of benzene rings is 1. The Morgan fingerprint density at radius 1 is 1.26 bits per heavy atom. The van der Waals surface area contributed by atoms with E-state index in [2.05, 4.69) is 5.32 Å². The molecular weight excluding hydrogens is 256 g/mol. The van der Waals surface area contributed by atoms with Crippen LogP contribution in [0.4, 0.5) is 5.69 Å². The standard InChI is InChI=1S/C15H18N2OS/c1-11(18)12-4-6-13(7-5-12)16-14-17-15(10-19-14)8-2-3-9-15/h4-7H,2-3,8-10H2,1H3,(H,16,17). The van der Waals surface area contributed by atoms with Gasteiger partial charge in [0.25, 0.3) is 0 Å². The molecule has 1 fully saturated rings. The van der Waals surface area contributed by atoms with Crippen molar-refractivity contribution >= 4 is 28.4 Å². The van der Waals surface area contributed by atoms with Gasteiger partial charge in [0.05, 0.1) is 5.54 Å². The normalized spacial score (nSPS) is 20.6. The summed E-state index contributed by atoms with van der Waals surface area (Å²) in [5.41, 5.74) is 1.97. The number of nitrogens with zero attached hydrogens (tertiary/aromatic N) is 1. The molecule has 3 nitrogen and oxygen atoms in total. The minimum Gasteiger partial charge on any atom is -0.335 e. The van der Waals surface area contributed by atoms with Crippen LogP contribution < -0.4 is 5.32 Å². The molecule has 1 aromatic carbocycles. The molecule has 100 valence electrons. The zero-order chi connectivity index (χ0) is 13.3. The second kappa shape index (κ2) is 5.00. The summed E-state index contributed by atoms with van der Waals surface area (Å²) in [7, 11) is 0. The summed E-state index contributed by atoms with van der Waals surface area (Å²) in [5.74, 6) is 1.21. The van der Waals surface area contributed by atoms with Crippen molar-refractivity contribution in [3.63, 3.8) is 0 Å². The third-order valence-electron chi connectivity index (χ3n) is 3.89. The highest BCUT2D eigenvalue weighted by Crippen LogP contribution is 2.41. The number of rotatable bonds is 2. The number of anilines is 1. The van der Waals surface area contributed by atoms with Crippen LogP contribution in [0.5, 0.6) is 0 Å². The largest absolute Gasteiger partial charge is 0.335 e. The van der Waals surface area contributed by atoms with Crippen molar-refractivity contribution in [2.45, 2.75) is 38.1 Å². The molecule has 1 heterocycles. The fraction of sp³-hybridized carbons (Fsp3) is 0.467. The first-order valence-electron chi connectivity index (χ1n) is 6.78. The fourth-order valence-corrected chi connectivity index (χ4v) is 3.95. The summed E-state index contributed by atoms with van der Waals surface area (Å²) in [6.07, 6.45) is 5.08. The maximum Gasteiger partial charge on any atom is 0.161 e. The van der Waals surface area contributed by atoms with E-state index in [0.29, 0.717) is 0 Å². The van der Waals surface area contributed by atoms with Crippen molar-refractivity contribution in [3.05, 3.63) is 29.8 Å². The van der Waals surface area contributed by atoms with E-state index in [0.717, 1.165) is 22.2 Å². The number of amidine groups is 1. The third-order valence-corrected chi connectivity index (χ3v) is 5.04. The van der Waals surface area contributed by atoms with Gasteiger partial charge in [-0.15, -0.1) is 0 Å². The Balaban J connectivity index is 1.70. The van der Waals surface area contributed by atoms with Gasteiger partial charge in [-0.1, -0.05) is 24.6 Å². The zero-order valence-corrected chi connectivity index (χ0v) is 11.9. The minimum absolute atomic E-state index is 0.101. The highest BCUT2D eigenvalue weighted by molar-refractivity contribution is 8.14. The molecule has 3 rings (SSSR count). The first-order valence-corrected chi connectivity index (χ1v) is 7.76. The molecule has 0 amide bonds. The van der Waals surface area contributed by atoms with Gasteiger partial charge in [0.1, 0.15) is 0 Å². The van der Waals surface area contributed by atoms with Gasteiger partial charge in [0.2, 0.25) is 0 Å². The van der Waals surface area contributed by atoms with E-state index in [1.807, 2.05) is 36.0 Å². The van der Waals surface area contributed by atoms with Crippen LogP contribution in [0.15, 0.2) is 29.3 Å². The first-order chi connectivity index (χ1) is 9.17. The lowest BCUT2D eigenvalue weighted by atomic mass is 10.0. The molecule has 1 spiro atoms. The predicted octanol–water partition coefficient (Wildman–Crippen LogP) is 3.72. The molecule has 1 aliphatic carbocycles. The number of aliphatic imine (C=N–C) groups is 1. The van der Waals surface area contributed by atoms with Crippen LogP contribution in [-0.2, 0) is 0 Å². The maximum atomic E-state index is 11.2. The first kappa shape index (κ1) is 12.7. The summed E-state index contributed by atoms with van der Waals surface area (Å²) in [4.78, 5) is 16.1. The second-order valence-corrected chi connectivity index (χ2v) is 6.36. The quantitative estimate of drug-likeness (QED) is 0.836. The van der Waals surface area contributed by atoms with Crippen molar-refractivity contribution < 1.29 is 4.79 Å². The molecule has 0 atom stereocenters. The zero-order valence-electron chi connectivity index (χ0n) is 11.1. The van der Waals surface area contributed by atoms with Gasteiger partial charge in [-0.25, -0.2) is 0 Å². The summed E-state index contributed by atoms with van der Waals surface area (Å²) in [6.45, 7) is 1.59. The number of hydrogen-bond acceptors (Lipinski definition) is 4. The molecule has 2 aliphatic rings. The molecule has 19 heavy (non-hydrogen) atoms. The van der Waals surface area contributed by atoms with Crippen LogP contribution in [0.1, 0.15) is 43.0 Å². The smallest absolute Gasteiger partial charge is 0.161 e. The van der Waals surface area contributed by atoms with Crippen LogP contribution in [-0.4, -0.2) is 22.2 Å². The second-order valence-electron chi connectivity index (χ2n) is 5.40. The van der Waals surface area contributed by atoms with Gasteiger partial charge in [0, 0.05) is 17.0 Å². The van der Waals surface area contributed by atoms with Crippen LogP contribution >= 0.6 is 11.8 Å². The Morgan fingerprint density at radius 3 is 2.58 bits per heavy atom. The van der Waals surface area contributed by atoms with Crippen molar-refractivity contribution in [1.82, 2.24) is 0 Å². The van der Waals surface area contributed by atoms with Crippen molar-refractivity contribution in [1.29, 1.82) is 0 Å². The Morgan fingerprint density at radius 2 is 1.95 bits per heavy atom. The van der Waals surface area contributed by atoms with Crippen molar-refractivity contribution in [2.75, 3.05) is 11.1 Å². The Kier molecular flexibility index (Phi) is 3.35. The molecule has 1 saturated carbocycles. The Hall–Kier alpha value is -1.29. The van der Waals surface area contributed by atoms with Gasteiger partial charge in [0.15, 0.2) is 11.0 Å². The molecule has 0 radical (unpaired) electrons. The molecule has 0 aromatic heterocycles. The number of nitrogens with one attached hydrogen (secondary N) is 1. The van der Waals surface area contributed by atoms with E-state index in [9.17, 15) is 4.79 Å². The number of carbonyl (C=O) groups is 1. The number of carbonyl (C=O) groups excluding carboxylic acids is 1. The lowest BCUT2D eigenvalue weighted by molar-refractivity contribution is 0.101. The van der Waals surface area contributed by atoms with Gasteiger partial charge < -0.3 is 5.32 Å². The van der Waals surface area contributed by atoms with Gasteiger partial charge in [-0.05, 0) is 44.0 Å². The highest BCUT2D eigenvalue weighted by Gasteiger charge is 2.38. The Labute approximate surface area is 117 Å². The maximum absolute atomic E-state index is 11.2. The Bertz CT molecular complexity index is 515. The topological polar surface area (TPSA) is 41.5 Å². The number of ketones is 1. The van der Waals surface area contributed by atoms with Gasteiger partial charge in [-0.3, -0.25) is 9.79 Å². The summed E-state index contributed by atoms with van der Waals surface area (Å²) >= 11 is 1.82. The van der Waals surface area contributed by atoms with Crippen LogP contribution in [0.25, 0.3) is 0 Å². The summed E-state index contributed by atoms with van der Waals surface area (Å²) in [6, 6.07) is 7.60. The van der Waals surface area contributed by atoms with E-state index in [1.165, 1.54) is 25.7 Å². The van der Waals surface area contributed by atoms with E-state index < -0.39 is 0 Å². The molecule has 0 unspecified atom stereocenters.